The Morgan fingerprint density at radius 3 is 2.15 bits per heavy atom. The van der Waals surface area contributed by atoms with Crippen molar-refractivity contribution in [2.75, 3.05) is 0 Å². The summed E-state index contributed by atoms with van der Waals surface area (Å²) < 4.78 is 27.4. The Hall–Kier alpha value is -3.06. The van der Waals surface area contributed by atoms with Gasteiger partial charge in [0.05, 0.1) is 16.5 Å². The molecule has 0 aromatic heterocycles. The number of allylic oxidation sites excluding steroid dienone is 1. The van der Waals surface area contributed by atoms with Gasteiger partial charge in [-0.3, -0.25) is 9.59 Å². The molecule has 27 heavy (non-hydrogen) atoms. The van der Waals surface area contributed by atoms with Crippen molar-refractivity contribution >= 4 is 27.3 Å². The number of hydrazone groups is 1. The molecule has 0 radical (unpaired) electrons. The minimum absolute atomic E-state index is 0.0824. The fourth-order valence-electron chi connectivity index (χ4n) is 3.48. The van der Waals surface area contributed by atoms with E-state index in [1.807, 2.05) is 6.07 Å². The van der Waals surface area contributed by atoms with E-state index in [9.17, 15) is 18.0 Å². The highest BCUT2D eigenvalue weighted by Crippen LogP contribution is 2.37. The molecule has 0 saturated heterocycles. The first-order chi connectivity index (χ1) is 12.9. The summed E-state index contributed by atoms with van der Waals surface area (Å²) in [6, 6.07) is 16.0. The summed E-state index contributed by atoms with van der Waals surface area (Å²) in [5, 5.41) is 4.33. The van der Waals surface area contributed by atoms with E-state index in [1.54, 1.807) is 49.4 Å². The predicted octanol–water partition coefficient (Wildman–Crippen LogP) is 2.18. The zero-order chi connectivity index (χ0) is 19.2. The molecule has 2 atom stereocenters. The molecule has 2 unspecified atom stereocenters. The second-order valence-electron chi connectivity index (χ2n) is 6.48. The van der Waals surface area contributed by atoms with Gasteiger partial charge in [-0.25, -0.2) is 0 Å². The molecule has 2 aromatic rings. The molecule has 0 spiro atoms. The topological polar surface area (TPSA) is 83.9 Å². The molecule has 2 aliphatic rings. The van der Waals surface area contributed by atoms with Crippen LogP contribution in [0, 0.1) is 5.92 Å². The number of carbonyl (C=O) groups is 2. The SMILES string of the molecule is CC1=CC(=O)C(=O)C2C(c3ccccc3)=NN(S(=O)(=O)c3ccccc3)C12. The Labute approximate surface area is 156 Å². The van der Waals surface area contributed by atoms with Crippen LogP contribution in [0.4, 0.5) is 0 Å². The lowest BCUT2D eigenvalue weighted by Gasteiger charge is -2.29. The molecule has 0 saturated carbocycles. The normalized spacial score (nSPS) is 22.3. The largest absolute Gasteiger partial charge is 0.290 e. The van der Waals surface area contributed by atoms with Crippen LogP contribution in [0.15, 0.2) is 82.3 Å². The Kier molecular flexibility index (Phi) is 4.04. The van der Waals surface area contributed by atoms with Crippen molar-refractivity contribution in [3.63, 3.8) is 0 Å². The van der Waals surface area contributed by atoms with Crippen LogP contribution in [-0.2, 0) is 19.6 Å². The monoisotopic (exact) mass is 380 g/mol. The summed E-state index contributed by atoms with van der Waals surface area (Å²) >= 11 is 0. The molecule has 2 aromatic carbocycles. The molecule has 4 rings (SSSR count). The third-order valence-electron chi connectivity index (χ3n) is 4.76. The van der Waals surface area contributed by atoms with E-state index in [4.69, 9.17) is 0 Å². The van der Waals surface area contributed by atoms with Gasteiger partial charge in [0, 0.05) is 0 Å². The number of sulfonamides is 1. The average molecular weight is 380 g/mol. The first-order valence-electron chi connectivity index (χ1n) is 8.41. The van der Waals surface area contributed by atoms with Crippen molar-refractivity contribution in [2.45, 2.75) is 17.9 Å². The summed E-state index contributed by atoms with van der Waals surface area (Å²) in [7, 11) is -3.98. The van der Waals surface area contributed by atoms with E-state index in [2.05, 4.69) is 5.10 Å². The number of rotatable bonds is 3. The van der Waals surface area contributed by atoms with Crippen molar-refractivity contribution in [3.8, 4) is 0 Å². The molecule has 1 heterocycles. The van der Waals surface area contributed by atoms with Gasteiger partial charge in [-0.15, -0.1) is 0 Å². The van der Waals surface area contributed by atoms with Crippen molar-refractivity contribution in [3.05, 3.63) is 77.9 Å². The zero-order valence-corrected chi connectivity index (χ0v) is 15.3. The third kappa shape index (κ3) is 2.71. The van der Waals surface area contributed by atoms with Crippen LogP contribution in [0.5, 0.6) is 0 Å². The highest BCUT2D eigenvalue weighted by Gasteiger charge is 2.51. The van der Waals surface area contributed by atoms with Gasteiger partial charge >= 0.3 is 0 Å². The Morgan fingerprint density at radius 2 is 1.52 bits per heavy atom. The summed E-state index contributed by atoms with van der Waals surface area (Å²) in [6.07, 6.45) is 1.21. The molecular weight excluding hydrogens is 364 g/mol. The summed E-state index contributed by atoms with van der Waals surface area (Å²) in [4.78, 5) is 24.8. The molecule has 7 heteroatoms. The van der Waals surface area contributed by atoms with Gasteiger partial charge in [0.25, 0.3) is 10.0 Å². The maximum absolute atomic E-state index is 13.2. The molecule has 136 valence electrons. The van der Waals surface area contributed by atoms with Crippen molar-refractivity contribution in [1.29, 1.82) is 0 Å². The number of Topliss-reactive ketones (excluding diaryl/α,β-unsaturated/α-hetero) is 1. The van der Waals surface area contributed by atoms with Gasteiger partial charge in [0.15, 0.2) is 0 Å². The molecule has 1 aliphatic carbocycles. The van der Waals surface area contributed by atoms with E-state index in [-0.39, 0.29) is 4.90 Å². The number of benzene rings is 2. The fraction of sp³-hybridized carbons (Fsp3) is 0.150. The molecule has 0 fully saturated rings. The summed E-state index contributed by atoms with van der Waals surface area (Å²) in [6.45, 7) is 1.65. The second kappa shape index (κ2) is 6.28. The van der Waals surface area contributed by atoms with E-state index < -0.39 is 33.5 Å². The Bertz CT molecular complexity index is 1090. The number of fused-ring (bicyclic) bond motifs is 1. The number of hydrogen-bond donors (Lipinski definition) is 0. The van der Waals surface area contributed by atoms with Crippen LogP contribution >= 0.6 is 0 Å². The predicted molar refractivity (Wildman–Crippen MR) is 99.5 cm³/mol. The molecule has 0 N–H and O–H groups in total. The van der Waals surface area contributed by atoms with E-state index in [1.165, 1.54) is 18.2 Å². The third-order valence-corrected chi connectivity index (χ3v) is 6.43. The summed E-state index contributed by atoms with van der Waals surface area (Å²) in [5.41, 5.74) is 1.42. The van der Waals surface area contributed by atoms with Crippen LogP contribution in [0.25, 0.3) is 0 Å². The minimum Gasteiger partial charge on any atom is -0.290 e. The maximum Gasteiger partial charge on any atom is 0.279 e. The second-order valence-corrected chi connectivity index (χ2v) is 8.28. The van der Waals surface area contributed by atoms with Crippen molar-refractivity contribution in [1.82, 2.24) is 4.41 Å². The van der Waals surface area contributed by atoms with E-state index in [0.29, 0.717) is 16.8 Å². The first-order valence-corrected chi connectivity index (χ1v) is 9.85. The lowest BCUT2D eigenvalue weighted by atomic mass is 9.79. The fourth-order valence-corrected chi connectivity index (χ4v) is 4.98. The first kappa shape index (κ1) is 17.4. The highest BCUT2D eigenvalue weighted by atomic mass is 32.2. The number of ketones is 2. The van der Waals surface area contributed by atoms with E-state index >= 15 is 0 Å². The molecule has 0 bridgehead atoms. The Balaban J connectivity index is 1.91. The van der Waals surface area contributed by atoms with Crippen LogP contribution in [0.1, 0.15) is 12.5 Å². The molecule has 1 aliphatic heterocycles. The van der Waals surface area contributed by atoms with E-state index in [0.717, 1.165) is 4.41 Å². The van der Waals surface area contributed by atoms with Gasteiger partial charge in [-0.05, 0) is 36.3 Å². The molecule has 6 nitrogen and oxygen atoms in total. The lowest BCUT2D eigenvalue weighted by molar-refractivity contribution is -0.136. The van der Waals surface area contributed by atoms with Crippen molar-refractivity contribution < 1.29 is 18.0 Å². The standard InChI is InChI=1S/C20H16N2O4S/c1-13-12-16(23)20(24)17-18(14-8-4-2-5-9-14)21-22(19(13)17)27(25,26)15-10-6-3-7-11-15/h2-12,17,19H,1H3. The highest BCUT2D eigenvalue weighted by molar-refractivity contribution is 7.89. The van der Waals surface area contributed by atoms with Crippen LogP contribution in [-0.4, -0.2) is 36.2 Å². The van der Waals surface area contributed by atoms with Gasteiger partial charge in [-0.1, -0.05) is 48.5 Å². The van der Waals surface area contributed by atoms with Gasteiger partial charge in [0.1, 0.15) is 6.04 Å². The number of nitrogens with zero attached hydrogens (tertiary/aromatic N) is 2. The zero-order valence-electron chi connectivity index (χ0n) is 14.4. The number of hydrogen-bond acceptors (Lipinski definition) is 5. The summed E-state index contributed by atoms with van der Waals surface area (Å²) in [5.74, 6) is -2.21. The number of carbonyl (C=O) groups excluding carboxylic acids is 2. The average Bonchev–Trinajstić information content (AvgIpc) is 3.10. The lowest BCUT2D eigenvalue weighted by Crippen LogP contribution is -2.46. The molecular formula is C20H16N2O4S. The minimum atomic E-state index is -3.98. The smallest absolute Gasteiger partial charge is 0.279 e. The van der Waals surface area contributed by atoms with Gasteiger partial charge < -0.3 is 0 Å². The van der Waals surface area contributed by atoms with Crippen LogP contribution in [0.2, 0.25) is 0 Å². The quantitative estimate of drug-likeness (QED) is 0.764. The molecule has 0 amide bonds. The van der Waals surface area contributed by atoms with Gasteiger partial charge in [0.2, 0.25) is 11.6 Å². The maximum atomic E-state index is 13.2. The van der Waals surface area contributed by atoms with Gasteiger partial charge in [-0.2, -0.15) is 17.9 Å². The Morgan fingerprint density at radius 1 is 0.926 bits per heavy atom. The van der Waals surface area contributed by atoms with Crippen molar-refractivity contribution in [2.24, 2.45) is 11.0 Å². The van der Waals surface area contributed by atoms with Crippen LogP contribution < -0.4 is 0 Å². The van der Waals surface area contributed by atoms with Crippen LogP contribution in [0.3, 0.4) is 0 Å².